The van der Waals surface area contributed by atoms with E-state index < -0.39 is 0 Å². The Morgan fingerprint density at radius 2 is 2.31 bits per heavy atom. The quantitative estimate of drug-likeness (QED) is 0.856. The molecule has 0 fully saturated rings. The van der Waals surface area contributed by atoms with E-state index in [1.807, 2.05) is 18.3 Å². The largest absolute Gasteiger partial charge is 0.360 e. The van der Waals surface area contributed by atoms with Gasteiger partial charge in [-0.25, -0.2) is 4.98 Å². The summed E-state index contributed by atoms with van der Waals surface area (Å²) in [6.45, 7) is 5.08. The van der Waals surface area contributed by atoms with E-state index in [4.69, 9.17) is 5.73 Å². The van der Waals surface area contributed by atoms with Gasteiger partial charge in [-0.3, -0.25) is 0 Å². The number of nitrogens with two attached hydrogens (primary N) is 1. The molecule has 0 atom stereocenters. The van der Waals surface area contributed by atoms with E-state index in [9.17, 15) is 0 Å². The van der Waals surface area contributed by atoms with Crippen LogP contribution in [-0.4, -0.2) is 16.5 Å². The summed E-state index contributed by atoms with van der Waals surface area (Å²) in [5.41, 5.74) is 7.80. The van der Waals surface area contributed by atoms with Crippen LogP contribution in [0.1, 0.15) is 25.3 Å². The molecule has 0 saturated carbocycles. The van der Waals surface area contributed by atoms with Gasteiger partial charge in [0.2, 0.25) is 0 Å². The molecule has 0 aromatic carbocycles. The molecule has 2 aromatic rings. The molecule has 2 heterocycles. The number of nitrogens with zero attached hydrogens (tertiary/aromatic N) is 1. The van der Waals surface area contributed by atoms with Crippen LogP contribution in [0.2, 0.25) is 0 Å². The predicted molar refractivity (Wildman–Crippen MR) is 68.6 cm³/mol. The molecule has 0 bridgehead atoms. The van der Waals surface area contributed by atoms with Crippen molar-refractivity contribution in [3.63, 3.8) is 0 Å². The molecule has 16 heavy (non-hydrogen) atoms. The highest BCUT2D eigenvalue weighted by Gasteiger charge is 2.23. The molecule has 0 amide bonds. The van der Waals surface area contributed by atoms with E-state index in [0.717, 1.165) is 22.8 Å². The highest BCUT2D eigenvalue weighted by atomic mass is 32.1. The van der Waals surface area contributed by atoms with Gasteiger partial charge < -0.3 is 10.7 Å². The lowest BCUT2D eigenvalue weighted by Gasteiger charge is -2.20. The molecule has 0 aliphatic rings. The van der Waals surface area contributed by atoms with Crippen LogP contribution in [0, 0.1) is 0 Å². The van der Waals surface area contributed by atoms with Crippen molar-refractivity contribution >= 4 is 11.3 Å². The van der Waals surface area contributed by atoms with E-state index in [0.29, 0.717) is 6.54 Å². The van der Waals surface area contributed by atoms with Gasteiger partial charge in [0.05, 0.1) is 16.4 Å². The van der Waals surface area contributed by atoms with Crippen molar-refractivity contribution in [2.75, 3.05) is 6.54 Å². The minimum Gasteiger partial charge on any atom is -0.360 e. The Labute approximate surface area is 99.7 Å². The molecule has 0 aliphatic heterocycles. The first-order valence-corrected chi connectivity index (χ1v) is 6.31. The number of rotatable bonds is 4. The lowest BCUT2D eigenvalue weighted by molar-refractivity contribution is 0.485. The van der Waals surface area contributed by atoms with Crippen LogP contribution in [0.15, 0.2) is 23.7 Å². The summed E-state index contributed by atoms with van der Waals surface area (Å²) >= 11 is 1.71. The fourth-order valence-electron chi connectivity index (χ4n) is 1.67. The third-order valence-electron chi connectivity index (χ3n) is 2.73. The topological polar surface area (TPSA) is 54.7 Å². The lowest BCUT2D eigenvalue weighted by atomic mass is 9.90. The molecular formula is C12H17N3S. The van der Waals surface area contributed by atoms with Gasteiger partial charge in [-0.15, -0.1) is 11.3 Å². The van der Waals surface area contributed by atoms with Crippen molar-refractivity contribution in [3.8, 4) is 11.4 Å². The molecule has 2 aromatic heterocycles. The normalized spacial score (nSPS) is 11.9. The summed E-state index contributed by atoms with van der Waals surface area (Å²) in [6, 6.07) is 4.02. The smallest absolute Gasteiger partial charge is 0.0990 e. The average molecular weight is 235 g/mol. The Bertz CT molecular complexity index is 443. The lowest BCUT2D eigenvalue weighted by Crippen LogP contribution is -2.21. The highest BCUT2D eigenvalue weighted by Crippen LogP contribution is 2.31. The number of hydrogen-bond donors (Lipinski definition) is 2. The summed E-state index contributed by atoms with van der Waals surface area (Å²) in [4.78, 5) is 7.84. The summed E-state index contributed by atoms with van der Waals surface area (Å²) in [5.74, 6) is 0. The fraction of sp³-hybridized carbons (Fsp3) is 0.417. The first-order valence-electron chi connectivity index (χ1n) is 5.43. The molecule has 3 nitrogen and oxygen atoms in total. The Hall–Kier alpha value is -1.13. The highest BCUT2D eigenvalue weighted by molar-refractivity contribution is 7.10. The first-order chi connectivity index (χ1) is 7.63. The maximum absolute atomic E-state index is 5.62. The van der Waals surface area contributed by atoms with Crippen LogP contribution in [0.25, 0.3) is 11.4 Å². The predicted octanol–water partition coefficient (Wildman–Crippen LogP) is 2.76. The van der Waals surface area contributed by atoms with Gasteiger partial charge >= 0.3 is 0 Å². The van der Waals surface area contributed by atoms with E-state index in [2.05, 4.69) is 29.2 Å². The molecule has 0 unspecified atom stereocenters. The van der Waals surface area contributed by atoms with Gasteiger partial charge in [0.25, 0.3) is 0 Å². The molecule has 3 N–H and O–H groups in total. The third-order valence-corrected chi connectivity index (χ3v) is 3.93. The molecule has 0 saturated heterocycles. The first kappa shape index (κ1) is 11.4. The van der Waals surface area contributed by atoms with Crippen molar-refractivity contribution in [3.05, 3.63) is 28.7 Å². The minimum absolute atomic E-state index is 0.0737. The second-order valence-electron chi connectivity index (χ2n) is 4.54. The van der Waals surface area contributed by atoms with Crippen molar-refractivity contribution in [2.45, 2.75) is 25.7 Å². The SMILES string of the molecule is CC(C)(CCN)c1nc(-c2ccc[nH]2)cs1. The molecular weight excluding hydrogens is 218 g/mol. The van der Waals surface area contributed by atoms with Crippen molar-refractivity contribution in [1.29, 1.82) is 0 Å². The maximum Gasteiger partial charge on any atom is 0.0990 e. The zero-order valence-electron chi connectivity index (χ0n) is 9.66. The van der Waals surface area contributed by atoms with Gasteiger partial charge in [0, 0.05) is 17.0 Å². The van der Waals surface area contributed by atoms with Crippen molar-refractivity contribution < 1.29 is 0 Å². The van der Waals surface area contributed by atoms with Gasteiger partial charge in [-0.1, -0.05) is 13.8 Å². The molecule has 0 spiro atoms. The molecule has 86 valence electrons. The maximum atomic E-state index is 5.62. The van der Waals surface area contributed by atoms with Crippen molar-refractivity contribution in [2.24, 2.45) is 5.73 Å². The number of hydrogen-bond acceptors (Lipinski definition) is 3. The number of thiazole rings is 1. The molecule has 2 rings (SSSR count). The van der Waals surface area contributed by atoms with E-state index >= 15 is 0 Å². The van der Waals surface area contributed by atoms with E-state index in [-0.39, 0.29) is 5.41 Å². The number of aromatic amines is 1. The third kappa shape index (κ3) is 2.18. The fourth-order valence-corrected chi connectivity index (χ4v) is 2.64. The Balaban J connectivity index is 2.26. The van der Waals surface area contributed by atoms with Crippen LogP contribution < -0.4 is 5.73 Å². The summed E-state index contributed by atoms with van der Waals surface area (Å²) in [6.07, 6.45) is 2.88. The van der Waals surface area contributed by atoms with Crippen LogP contribution >= 0.6 is 11.3 Å². The van der Waals surface area contributed by atoms with Gasteiger partial charge in [0.1, 0.15) is 0 Å². The molecule has 0 aliphatic carbocycles. The van der Waals surface area contributed by atoms with Crippen LogP contribution in [-0.2, 0) is 5.41 Å². The monoisotopic (exact) mass is 235 g/mol. The Kier molecular flexibility index (Phi) is 3.12. The zero-order valence-corrected chi connectivity index (χ0v) is 10.5. The second-order valence-corrected chi connectivity index (χ2v) is 5.40. The summed E-state index contributed by atoms with van der Waals surface area (Å²) in [7, 11) is 0. The van der Waals surface area contributed by atoms with Crippen molar-refractivity contribution in [1.82, 2.24) is 9.97 Å². The second kappa shape index (κ2) is 4.39. The molecule has 4 heteroatoms. The van der Waals surface area contributed by atoms with Crippen LogP contribution in [0.4, 0.5) is 0 Å². The Morgan fingerprint density at radius 1 is 1.50 bits per heavy atom. The van der Waals surface area contributed by atoms with Gasteiger partial charge in [-0.2, -0.15) is 0 Å². The number of nitrogens with one attached hydrogen (secondary N) is 1. The van der Waals surface area contributed by atoms with E-state index in [1.54, 1.807) is 11.3 Å². The summed E-state index contributed by atoms with van der Waals surface area (Å²) in [5, 5.41) is 3.25. The van der Waals surface area contributed by atoms with Crippen LogP contribution in [0.3, 0.4) is 0 Å². The standard InChI is InChI=1S/C12H17N3S/c1-12(2,5-6-13)11-15-10(8-16-11)9-4-3-7-14-9/h3-4,7-8,14H,5-6,13H2,1-2H3. The molecule has 0 radical (unpaired) electrons. The van der Waals surface area contributed by atoms with Gasteiger partial charge in [0.15, 0.2) is 0 Å². The zero-order chi connectivity index (χ0) is 11.6. The van der Waals surface area contributed by atoms with Gasteiger partial charge in [-0.05, 0) is 25.1 Å². The minimum atomic E-state index is 0.0737. The Morgan fingerprint density at radius 3 is 2.94 bits per heavy atom. The number of aromatic nitrogens is 2. The van der Waals surface area contributed by atoms with Crippen LogP contribution in [0.5, 0.6) is 0 Å². The number of H-pyrrole nitrogens is 1. The van der Waals surface area contributed by atoms with E-state index in [1.165, 1.54) is 0 Å². The average Bonchev–Trinajstić information content (AvgIpc) is 2.89. The summed E-state index contributed by atoms with van der Waals surface area (Å²) < 4.78 is 0.